The van der Waals surface area contributed by atoms with Crippen LogP contribution in [0.3, 0.4) is 0 Å². The zero-order chi connectivity index (χ0) is 17.2. The lowest BCUT2D eigenvalue weighted by Gasteiger charge is -2.56. The number of oxazole rings is 1. The van der Waals surface area contributed by atoms with E-state index in [0.29, 0.717) is 24.2 Å². The Balaban J connectivity index is 1.49. The normalized spacial score (nSPS) is 42.6. The van der Waals surface area contributed by atoms with Crippen LogP contribution in [-0.4, -0.2) is 10.9 Å². The van der Waals surface area contributed by atoms with Crippen LogP contribution in [0.4, 0.5) is 0 Å². The van der Waals surface area contributed by atoms with Crippen molar-refractivity contribution in [2.45, 2.75) is 52.4 Å². The predicted octanol–water partition coefficient (Wildman–Crippen LogP) is 4.31. The predicted molar refractivity (Wildman–Crippen MR) is 95.1 cm³/mol. The Kier molecular flexibility index (Phi) is 3.14. The van der Waals surface area contributed by atoms with Crippen molar-refractivity contribution in [1.29, 1.82) is 0 Å². The number of piperidine rings is 1. The Morgan fingerprint density at radius 1 is 1.16 bits per heavy atom. The Bertz CT molecular complexity index is 778. The number of carbonyl (C=O) groups excluding carboxylic acids is 1. The first kappa shape index (κ1) is 15.4. The zero-order valence-electron chi connectivity index (χ0n) is 15.0. The minimum Gasteiger partial charge on any atom is -0.444 e. The molecule has 1 amide bonds. The van der Waals surface area contributed by atoms with Crippen LogP contribution in [0, 0.1) is 28.6 Å². The summed E-state index contributed by atoms with van der Waals surface area (Å²) in [7, 11) is 0. The number of rotatable bonds is 1. The quantitative estimate of drug-likeness (QED) is 0.830. The maximum absolute atomic E-state index is 11.9. The Labute approximate surface area is 148 Å². The van der Waals surface area contributed by atoms with Gasteiger partial charge in [-0.25, -0.2) is 4.98 Å². The number of hydrogen-bond acceptors (Lipinski definition) is 3. The number of amides is 1. The highest BCUT2D eigenvalue weighted by molar-refractivity contribution is 5.79. The van der Waals surface area contributed by atoms with Crippen LogP contribution in [0.1, 0.15) is 58.1 Å². The maximum Gasteiger partial charge on any atom is 0.224 e. The van der Waals surface area contributed by atoms with Gasteiger partial charge in [0.1, 0.15) is 0 Å². The van der Waals surface area contributed by atoms with E-state index in [-0.39, 0.29) is 16.7 Å². The van der Waals surface area contributed by atoms with E-state index in [1.54, 1.807) is 6.39 Å². The highest BCUT2D eigenvalue weighted by Gasteiger charge is 2.57. The van der Waals surface area contributed by atoms with Crippen molar-refractivity contribution in [2.24, 2.45) is 28.6 Å². The van der Waals surface area contributed by atoms with Gasteiger partial charge in [-0.1, -0.05) is 26.0 Å². The lowest BCUT2D eigenvalue weighted by Crippen LogP contribution is -2.52. The first-order valence-corrected chi connectivity index (χ1v) is 9.62. The van der Waals surface area contributed by atoms with Gasteiger partial charge in [-0.05, 0) is 60.8 Å². The number of nitrogens with zero attached hydrogens (tertiary/aromatic N) is 1. The third-order valence-corrected chi connectivity index (χ3v) is 7.89. The van der Waals surface area contributed by atoms with Gasteiger partial charge in [0.05, 0.1) is 6.20 Å². The van der Waals surface area contributed by atoms with Crippen LogP contribution in [0.5, 0.6) is 0 Å². The Hall–Kier alpha value is -1.84. The SMILES string of the molecule is C[C@]12CCC(=O)NC1=CC[C@@H]1[C@@H]2CC[C@]2(C)C(c3cnco3)=CC[C@@H]12. The van der Waals surface area contributed by atoms with Crippen LogP contribution in [0.2, 0.25) is 0 Å². The summed E-state index contributed by atoms with van der Waals surface area (Å²) in [5, 5.41) is 3.18. The molecule has 5 atom stereocenters. The summed E-state index contributed by atoms with van der Waals surface area (Å²) in [6.45, 7) is 4.82. The largest absolute Gasteiger partial charge is 0.444 e. The van der Waals surface area contributed by atoms with Gasteiger partial charge in [-0.2, -0.15) is 0 Å². The molecule has 1 aliphatic heterocycles. The molecule has 25 heavy (non-hydrogen) atoms. The lowest BCUT2D eigenvalue weighted by atomic mass is 9.49. The average molecular weight is 338 g/mol. The second-order valence-electron chi connectivity index (χ2n) is 8.87. The first-order valence-electron chi connectivity index (χ1n) is 9.62. The molecule has 4 aliphatic rings. The van der Waals surface area contributed by atoms with Crippen LogP contribution in [0.15, 0.2) is 34.9 Å². The van der Waals surface area contributed by atoms with Gasteiger partial charge >= 0.3 is 0 Å². The minimum atomic E-state index is 0.146. The summed E-state index contributed by atoms with van der Waals surface area (Å²) in [6.07, 6.45) is 14.5. The number of hydrogen-bond donors (Lipinski definition) is 1. The molecule has 4 nitrogen and oxygen atoms in total. The average Bonchev–Trinajstić information content (AvgIpc) is 3.22. The highest BCUT2D eigenvalue weighted by Crippen LogP contribution is 2.65. The highest BCUT2D eigenvalue weighted by atomic mass is 16.3. The minimum absolute atomic E-state index is 0.146. The van der Waals surface area contributed by atoms with Gasteiger partial charge in [0.15, 0.2) is 12.2 Å². The summed E-state index contributed by atoms with van der Waals surface area (Å²) >= 11 is 0. The van der Waals surface area contributed by atoms with Crippen LogP contribution in [-0.2, 0) is 4.79 Å². The number of nitrogens with one attached hydrogen (secondary N) is 1. The molecule has 0 spiro atoms. The second-order valence-corrected chi connectivity index (χ2v) is 8.87. The fourth-order valence-corrected chi connectivity index (χ4v) is 6.49. The molecule has 1 aromatic heterocycles. The van der Waals surface area contributed by atoms with Crippen LogP contribution < -0.4 is 5.32 Å². The molecule has 0 radical (unpaired) electrons. The van der Waals surface area contributed by atoms with Crippen molar-refractivity contribution in [3.05, 3.63) is 36.2 Å². The molecule has 4 heteroatoms. The Morgan fingerprint density at radius 2 is 2.04 bits per heavy atom. The molecule has 132 valence electrons. The molecule has 1 N–H and O–H groups in total. The molecular weight excluding hydrogens is 312 g/mol. The smallest absolute Gasteiger partial charge is 0.224 e. The molecule has 1 aromatic rings. The third kappa shape index (κ3) is 2.00. The third-order valence-electron chi connectivity index (χ3n) is 7.89. The monoisotopic (exact) mass is 338 g/mol. The molecule has 1 saturated carbocycles. The van der Waals surface area contributed by atoms with E-state index in [0.717, 1.165) is 25.0 Å². The lowest BCUT2D eigenvalue weighted by molar-refractivity contribution is -0.124. The molecule has 0 bridgehead atoms. The molecule has 0 aromatic carbocycles. The van der Waals surface area contributed by atoms with Crippen molar-refractivity contribution in [3.8, 4) is 0 Å². The molecule has 2 heterocycles. The van der Waals surface area contributed by atoms with Gasteiger partial charge in [-0.3, -0.25) is 4.79 Å². The summed E-state index contributed by atoms with van der Waals surface area (Å²) in [5.41, 5.74) is 2.91. The van der Waals surface area contributed by atoms with Crippen LogP contribution >= 0.6 is 0 Å². The second kappa shape index (κ2) is 5.09. The number of fused-ring (bicyclic) bond motifs is 5. The fourth-order valence-electron chi connectivity index (χ4n) is 6.49. The number of carbonyl (C=O) groups is 1. The number of aromatic nitrogens is 1. The molecule has 1 saturated heterocycles. The molecule has 3 aliphatic carbocycles. The molecule has 5 rings (SSSR count). The van der Waals surface area contributed by atoms with E-state index in [1.807, 2.05) is 6.20 Å². The Morgan fingerprint density at radius 3 is 2.84 bits per heavy atom. The summed E-state index contributed by atoms with van der Waals surface area (Å²) < 4.78 is 5.65. The van der Waals surface area contributed by atoms with Crippen molar-refractivity contribution in [2.75, 3.05) is 0 Å². The molecule has 2 fully saturated rings. The molecule has 0 unspecified atom stereocenters. The van der Waals surface area contributed by atoms with Crippen molar-refractivity contribution in [1.82, 2.24) is 10.3 Å². The maximum atomic E-state index is 11.9. The van der Waals surface area contributed by atoms with Crippen molar-refractivity contribution in [3.63, 3.8) is 0 Å². The summed E-state index contributed by atoms with van der Waals surface area (Å²) in [6, 6.07) is 0. The molecular formula is C21H26N2O2. The number of allylic oxidation sites excluding steroid dienone is 4. The van der Waals surface area contributed by atoms with Gasteiger partial charge < -0.3 is 9.73 Å². The van der Waals surface area contributed by atoms with E-state index >= 15 is 0 Å². The van der Waals surface area contributed by atoms with E-state index in [4.69, 9.17) is 4.42 Å². The van der Waals surface area contributed by atoms with E-state index in [2.05, 4.69) is 36.3 Å². The fraction of sp³-hybridized carbons (Fsp3) is 0.619. The van der Waals surface area contributed by atoms with Gasteiger partial charge in [-0.15, -0.1) is 0 Å². The summed E-state index contributed by atoms with van der Waals surface area (Å²) in [5.74, 6) is 3.18. The van der Waals surface area contributed by atoms with Crippen molar-refractivity contribution >= 4 is 11.5 Å². The van der Waals surface area contributed by atoms with E-state index in [1.165, 1.54) is 24.1 Å². The van der Waals surface area contributed by atoms with E-state index < -0.39 is 0 Å². The van der Waals surface area contributed by atoms with Gasteiger partial charge in [0.2, 0.25) is 5.91 Å². The topological polar surface area (TPSA) is 55.1 Å². The standard InChI is InChI=1S/C21H26N2O2/c1-20-9-7-15-13(3-6-18-21(15,2)10-8-19(24)23-18)14(20)4-5-16(20)17-11-22-12-25-17/h5-6,11-15H,3-4,7-10H2,1-2H3,(H,23,24)/t13-,14-,15-,20-,21+/m0/s1. The van der Waals surface area contributed by atoms with E-state index in [9.17, 15) is 4.79 Å². The van der Waals surface area contributed by atoms with Gasteiger partial charge in [0.25, 0.3) is 0 Å². The van der Waals surface area contributed by atoms with Gasteiger partial charge in [0, 0.05) is 17.5 Å². The van der Waals surface area contributed by atoms with Crippen LogP contribution in [0.25, 0.3) is 5.57 Å². The zero-order valence-corrected chi connectivity index (χ0v) is 15.0. The van der Waals surface area contributed by atoms with Crippen molar-refractivity contribution < 1.29 is 9.21 Å². The first-order chi connectivity index (χ1) is 12.0. The summed E-state index contributed by atoms with van der Waals surface area (Å²) in [4.78, 5) is 16.0.